The normalized spacial score (nSPS) is 15.9. The van der Waals surface area contributed by atoms with E-state index in [0.29, 0.717) is 50.0 Å². The molecular formula is C25H32N4O5S2. The number of carbonyl (C=O) groups is 1. The first kappa shape index (κ1) is 26.3. The van der Waals surface area contributed by atoms with E-state index in [1.165, 1.54) is 0 Å². The number of primary amides is 1. The molecule has 9 nitrogen and oxygen atoms in total. The lowest BCUT2D eigenvalue weighted by Crippen LogP contribution is -2.38. The van der Waals surface area contributed by atoms with Crippen LogP contribution in [-0.2, 0) is 26.5 Å². The Kier molecular flexibility index (Phi) is 7.56. The van der Waals surface area contributed by atoms with Gasteiger partial charge in [0.1, 0.15) is 0 Å². The maximum Gasteiger partial charge on any atom is 0.250 e. The highest BCUT2D eigenvalue weighted by Crippen LogP contribution is 2.37. The van der Waals surface area contributed by atoms with Crippen LogP contribution in [0.1, 0.15) is 47.2 Å². The van der Waals surface area contributed by atoms with E-state index in [2.05, 4.69) is 9.71 Å². The molecule has 1 saturated heterocycles. The summed E-state index contributed by atoms with van der Waals surface area (Å²) in [4.78, 5) is 15.5. The second kappa shape index (κ2) is 10.3. The van der Waals surface area contributed by atoms with E-state index in [1.807, 2.05) is 36.5 Å². The Bertz CT molecular complexity index is 1470. The molecule has 2 heterocycles. The summed E-state index contributed by atoms with van der Waals surface area (Å²) in [7, 11) is -6.43. The monoisotopic (exact) mass is 532 g/mol. The zero-order valence-corrected chi connectivity index (χ0v) is 22.1. The Morgan fingerprint density at radius 3 is 2.33 bits per heavy atom. The van der Waals surface area contributed by atoms with Crippen LogP contribution < -0.4 is 10.5 Å². The van der Waals surface area contributed by atoms with Crippen molar-refractivity contribution in [1.29, 1.82) is 0 Å². The Morgan fingerprint density at radius 1 is 1.08 bits per heavy atom. The van der Waals surface area contributed by atoms with Crippen LogP contribution in [0.25, 0.3) is 22.0 Å². The van der Waals surface area contributed by atoms with E-state index in [0.717, 1.165) is 33.9 Å². The summed E-state index contributed by atoms with van der Waals surface area (Å²) < 4.78 is 51.1. The summed E-state index contributed by atoms with van der Waals surface area (Å²) in [5, 5.41) is 0.916. The van der Waals surface area contributed by atoms with Gasteiger partial charge in [0.15, 0.2) is 0 Å². The van der Waals surface area contributed by atoms with Crippen molar-refractivity contribution in [1.82, 2.24) is 14.0 Å². The van der Waals surface area contributed by atoms with Gasteiger partial charge < -0.3 is 10.7 Å². The Balaban J connectivity index is 1.61. The lowest BCUT2D eigenvalue weighted by atomic mass is 9.88. The molecule has 194 valence electrons. The van der Waals surface area contributed by atoms with E-state index in [9.17, 15) is 21.6 Å². The molecule has 36 heavy (non-hydrogen) atoms. The molecule has 0 bridgehead atoms. The highest BCUT2D eigenvalue weighted by atomic mass is 32.2. The van der Waals surface area contributed by atoms with E-state index in [-0.39, 0.29) is 11.7 Å². The van der Waals surface area contributed by atoms with Gasteiger partial charge in [0.25, 0.3) is 5.91 Å². The number of carbonyl (C=O) groups excluding carboxylic acids is 1. The molecule has 1 aliphatic rings. The van der Waals surface area contributed by atoms with Gasteiger partial charge in [-0.05, 0) is 66.5 Å². The number of fused-ring (bicyclic) bond motifs is 1. The number of piperidine rings is 1. The topological polar surface area (TPSA) is 142 Å². The van der Waals surface area contributed by atoms with E-state index in [1.54, 1.807) is 17.3 Å². The first-order valence-corrected chi connectivity index (χ1v) is 15.4. The molecule has 0 spiro atoms. The van der Waals surface area contributed by atoms with Gasteiger partial charge in [0.05, 0.1) is 23.1 Å². The third kappa shape index (κ3) is 5.80. The summed E-state index contributed by atoms with van der Waals surface area (Å²) in [6.07, 6.45) is 5.02. The zero-order chi connectivity index (χ0) is 26.1. The SMILES string of the molecule is CCS(=O)(=O)N1CCC(c2c[nH]c3c(C(N)=O)cc(-c4ccc(CCNS(C)(=O)=O)cc4)cc23)CC1. The first-order chi connectivity index (χ1) is 17.0. The molecule has 1 aromatic heterocycles. The summed E-state index contributed by atoms with van der Waals surface area (Å²) in [6, 6.07) is 11.6. The van der Waals surface area contributed by atoms with Crippen LogP contribution in [0.4, 0.5) is 0 Å². The van der Waals surface area contributed by atoms with Crippen LogP contribution >= 0.6 is 0 Å². The molecule has 3 aromatic rings. The van der Waals surface area contributed by atoms with Gasteiger partial charge in [-0.25, -0.2) is 25.9 Å². The molecule has 1 amide bonds. The summed E-state index contributed by atoms with van der Waals surface area (Å²) in [6.45, 7) is 2.94. The summed E-state index contributed by atoms with van der Waals surface area (Å²) >= 11 is 0. The standard InChI is InChI=1S/C25H32N4O5S2/c1-3-36(33,34)29-12-9-19(10-13-29)23-16-27-24-21(23)14-20(15-22(24)25(26)30)18-6-4-17(5-7-18)8-11-28-35(2,31)32/h4-7,14-16,19,27-28H,3,8-13H2,1-2H3,(H2,26,30). The predicted octanol–water partition coefficient (Wildman–Crippen LogP) is 2.55. The molecule has 4 rings (SSSR count). The van der Waals surface area contributed by atoms with Crippen LogP contribution in [0.2, 0.25) is 0 Å². The molecule has 0 radical (unpaired) electrons. The predicted molar refractivity (Wildman–Crippen MR) is 142 cm³/mol. The third-order valence-electron chi connectivity index (χ3n) is 6.80. The number of sulfonamides is 2. The van der Waals surface area contributed by atoms with Crippen molar-refractivity contribution in [2.24, 2.45) is 5.73 Å². The van der Waals surface area contributed by atoms with Crippen molar-refractivity contribution in [2.75, 3.05) is 31.6 Å². The van der Waals surface area contributed by atoms with Crippen molar-refractivity contribution in [3.8, 4) is 11.1 Å². The smallest absolute Gasteiger partial charge is 0.250 e. The van der Waals surface area contributed by atoms with Crippen molar-refractivity contribution >= 4 is 36.9 Å². The number of nitrogens with zero attached hydrogens (tertiary/aromatic N) is 1. The molecule has 1 aliphatic heterocycles. The minimum Gasteiger partial charge on any atom is -0.366 e. The largest absolute Gasteiger partial charge is 0.366 e. The number of amides is 1. The maximum atomic E-state index is 12.3. The van der Waals surface area contributed by atoms with Crippen molar-refractivity contribution in [3.05, 3.63) is 59.3 Å². The lowest BCUT2D eigenvalue weighted by molar-refractivity contribution is 0.100. The van der Waals surface area contributed by atoms with Gasteiger partial charge in [-0.2, -0.15) is 0 Å². The van der Waals surface area contributed by atoms with Gasteiger partial charge in [0, 0.05) is 31.2 Å². The summed E-state index contributed by atoms with van der Waals surface area (Å²) in [5.41, 5.74) is 10.6. The van der Waals surface area contributed by atoms with Crippen LogP contribution in [0.15, 0.2) is 42.6 Å². The number of hydrogen-bond donors (Lipinski definition) is 3. The minimum atomic E-state index is -3.23. The van der Waals surface area contributed by atoms with Gasteiger partial charge in [0.2, 0.25) is 20.0 Å². The molecule has 2 aromatic carbocycles. The van der Waals surface area contributed by atoms with E-state index in [4.69, 9.17) is 5.73 Å². The van der Waals surface area contributed by atoms with Crippen molar-refractivity contribution in [3.63, 3.8) is 0 Å². The van der Waals surface area contributed by atoms with Crippen LogP contribution in [0, 0.1) is 0 Å². The number of H-pyrrole nitrogens is 1. The van der Waals surface area contributed by atoms with Crippen LogP contribution in [-0.4, -0.2) is 63.7 Å². The number of aromatic amines is 1. The van der Waals surface area contributed by atoms with Crippen LogP contribution in [0.5, 0.6) is 0 Å². The molecule has 0 unspecified atom stereocenters. The fraction of sp³-hybridized carbons (Fsp3) is 0.400. The van der Waals surface area contributed by atoms with Gasteiger partial charge in [-0.1, -0.05) is 24.3 Å². The third-order valence-corrected chi connectivity index (χ3v) is 9.41. The lowest BCUT2D eigenvalue weighted by Gasteiger charge is -2.31. The average Bonchev–Trinajstić information content (AvgIpc) is 3.27. The quantitative estimate of drug-likeness (QED) is 0.388. The minimum absolute atomic E-state index is 0.100. The highest BCUT2D eigenvalue weighted by Gasteiger charge is 2.29. The fourth-order valence-electron chi connectivity index (χ4n) is 4.82. The fourth-order valence-corrected chi connectivity index (χ4v) is 6.43. The molecule has 0 saturated carbocycles. The number of rotatable bonds is 9. The van der Waals surface area contributed by atoms with Crippen LogP contribution in [0.3, 0.4) is 0 Å². The number of nitrogens with two attached hydrogens (primary N) is 1. The molecule has 4 N–H and O–H groups in total. The van der Waals surface area contributed by atoms with E-state index >= 15 is 0 Å². The Hall–Kier alpha value is -2.73. The highest BCUT2D eigenvalue weighted by molar-refractivity contribution is 7.89. The van der Waals surface area contributed by atoms with Crippen molar-refractivity contribution in [2.45, 2.75) is 32.1 Å². The molecule has 11 heteroatoms. The van der Waals surface area contributed by atoms with Crippen molar-refractivity contribution < 1.29 is 21.6 Å². The second-order valence-electron chi connectivity index (χ2n) is 9.24. The molecule has 0 atom stereocenters. The number of benzene rings is 2. The zero-order valence-electron chi connectivity index (χ0n) is 20.5. The average molecular weight is 533 g/mol. The number of aromatic nitrogens is 1. The van der Waals surface area contributed by atoms with Gasteiger partial charge in [-0.15, -0.1) is 0 Å². The van der Waals surface area contributed by atoms with Gasteiger partial charge in [-0.3, -0.25) is 4.79 Å². The first-order valence-electron chi connectivity index (χ1n) is 11.9. The van der Waals surface area contributed by atoms with Gasteiger partial charge >= 0.3 is 0 Å². The molecule has 0 aliphatic carbocycles. The Labute approximate surface area is 212 Å². The second-order valence-corrected chi connectivity index (χ2v) is 13.3. The van der Waals surface area contributed by atoms with E-state index < -0.39 is 26.0 Å². The maximum absolute atomic E-state index is 12.3. The number of hydrogen-bond acceptors (Lipinski definition) is 5. The molecule has 1 fully saturated rings. The summed E-state index contributed by atoms with van der Waals surface area (Å²) in [5.74, 6) is -0.256. The Morgan fingerprint density at radius 2 is 1.75 bits per heavy atom. The number of nitrogens with one attached hydrogen (secondary N) is 2. The molecular weight excluding hydrogens is 500 g/mol.